The molecule has 3 heterocycles. The second-order valence-corrected chi connectivity index (χ2v) is 13.7. The highest BCUT2D eigenvalue weighted by molar-refractivity contribution is 6.42. The van der Waals surface area contributed by atoms with Crippen molar-refractivity contribution in [3.05, 3.63) is 93.2 Å². The zero-order valence-corrected chi connectivity index (χ0v) is 28.0. The quantitative estimate of drug-likeness (QED) is 0.245. The number of nitrogens with zero attached hydrogens (tertiary/aromatic N) is 4. The number of fused-ring (bicyclic) bond motifs is 2. The van der Waals surface area contributed by atoms with Crippen molar-refractivity contribution in [2.75, 3.05) is 56.6 Å². The molecule has 244 valence electrons. The molecule has 0 bridgehead atoms. The molecule has 0 radical (unpaired) electrons. The van der Waals surface area contributed by atoms with E-state index in [1.165, 1.54) is 42.0 Å². The molecule has 3 aromatic carbocycles. The molecule has 1 spiro atoms. The fraction of sp³-hybridized carbons (Fsp3) is 0.444. The van der Waals surface area contributed by atoms with E-state index in [1.807, 2.05) is 13.1 Å². The summed E-state index contributed by atoms with van der Waals surface area (Å²) in [5.41, 5.74) is 3.67. The van der Waals surface area contributed by atoms with Crippen molar-refractivity contribution < 1.29 is 18.7 Å². The van der Waals surface area contributed by atoms with Gasteiger partial charge in [-0.15, -0.1) is 0 Å². The van der Waals surface area contributed by atoms with Crippen molar-refractivity contribution in [2.45, 2.75) is 56.6 Å². The van der Waals surface area contributed by atoms with E-state index in [9.17, 15) is 14.0 Å². The number of carbonyl (C=O) groups excluding carboxylic acids is 2. The number of anilines is 2. The van der Waals surface area contributed by atoms with E-state index in [0.29, 0.717) is 66.7 Å². The van der Waals surface area contributed by atoms with Crippen molar-refractivity contribution >= 4 is 46.6 Å². The lowest BCUT2D eigenvalue weighted by atomic mass is 9.81. The molecule has 3 aliphatic rings. The number of carbonyl (C=O) groups is 2. The third-order valence-corrected chi connectivity index (χ3v) is 10.6. The van der Waals surface area contributed by atoms with E-state index in [-0.39, 0.29) is 11.7 Å². The Hall–Kier alpha value is -3.33. The number of piperidine rings is 2. The number of hydrogen-bond acceptors (Lipinski definition) is 5. The average molecular weight is 668 g/mol. The summed E-state index contributed by atoms with van der Waals surface area (Å²) < 4.78 is 20.3. The van der Waals surface area contributed by atoms with Gasteiger partial charge >= 0.3 is 6.09 Å². The summed E-state index contributed by atoms with van der Waals surface area (Å²) in [4.78, 5) is 34.7. The Morgan fingerprint density at radius 3 is 2.37 bits per heavy atom. The number of amides is 2. The summed E-state index contributed by atoms with van der Waals surface area (Å²) in [6, 6.07) is 18.5. The Morgan fingerprint density at radius 1 is 0.957 bits per heavy atom. The van der Waals surface area contributed by atoms with Crippen LogP contribution >= 0.6 is 23.2 Å². The number of likely N-dealkylation sites (N-methyl/N-ethyl adjacent to an activating group) is 1. The number of halogens is 3. The van der Waals surface area contributed by atoms with Crippen LogP contribution in [0, 0.1) is 5.82 Å². The second-order valence-electron chi connectivity index (χ2n) is 12.8. The Bertz CT molecular complexity index is 1570. The van der Waals surface area contributed by atoms with Gasteiger partial charge in [0.05, 0.1) is 21.7 Å². The topological polar surface area (TPSA) is 56.3 Å². The van der Waals surface area contributed by atoms with Crippen molar-refractivity contribution in [1.29, 1.82) is 0 Å². The first-order valence-electron chi connectivity index (χ1n) is 16.2. The Morgan fingerprint density at radius 2 is 1.67 bits per heavy atom. The largest absolute Gasteiger partial charge is 0.437 e. The molecule has 7 nitrogen and oxygen atoms in total. The number of ether oxygens (including phenoxy) is 1. The van der Waals surface area contributed by atoms with Crippen LogP contribution in [-0.4, -0.2) is 68.6 Å². The van der Waals surface area contributed by atoms with Gasteiger partial charge in [0.2, 0.25) is 5.91 Å². The number of rotatable bonds is 8. The van der Waals surface area contributed by atoms with Crippen LogP contribution in [0.5, 0.6) is 0 Å². The Balaban J connectivity index is 1.13. The molecule has 46 heavy (non-hydrogen) atoms. The van der Waals surface area contributed by atoms with Crippen LogP contribution in [0.3, 0.4) is 0 Å². The predicted octanol–water partition coefficient (Wildman–Crippen LogP) is 7.83. The molecular weight excluding hydrogens is 626 g/mol. The Kier molecular flexibility index (Phi) is 9.78. The second kappa shape index (κ2) is 13.8. The zero-order valence-electron chi connectivity index (χ0n) is 26.5. The van der Waals surface area contributed by atoms with E-state index in [2.05, 4.69) is 34.1 Å². The molecule has 3 aliphatic heterocycles. The third kappa shape index (κ3) is 6.85. The van der Waals surface area contributed by atoms with Crippen LogP contribution in [0.15, 0.2) is 60.7 Å². The van der Waals surface area contributed by atoms with Gasteiger partial charge in [-0.3, -0.25) is 9.69 Å². The highest BCUT2D eigenvalue weighted by atomic mass is 35.5. The lowest BCUT2D eigenvalue weighted by Crippen LogP contribution is -2.51. The molecular formula is C36H41Cl2FN4O3. The minimum Gasteiger partial charge on any atom is -0.437 e. The summed E-state index contributed by atoms with van der Waals surface area (Å²) >= 11 is 12.7. The van der Waals surface area contributed by atoms with E-state index < -0.39 is 17.6 Å². The highest BCUT2D eigenvalue weighted by Crippen LogP contribution is 2.45. The maximum absolute atomic E-state index is 14.3. The van der Waals surface area contributed by atoms with Crippen LogP contribution in [0.25, 0.3) is 0 Å². The monoisotopic (exact) mass is 666 g/mol. The van der Waals surface area contributed by atoms with E-state index in [0.717, 1.165) is 24.2 Å². The van der Waals surface area contributed by atoms with Gasteiger partial charge in [0.25, 0.3) is 0 Å². The van der Waals surface area contributed by atoms with Gasteiger partial charge < -0.3 is 19.4 Å². The number of likely N-dealkylation sites (tertiary alicyclic amines) is 1. The standard InChI is InChI=1S/C36H41Cl2FN4O3/c1-40(24-25-6-10-28(11-7-25)43-17-4-3-5-18-43)34(44)29(26-8-12-31(37)32(38)22-26)14-19-42-20-15-36(16-21-42)30-23-27(39)9-13-33(30)41(2)35(45)46-36/h6-13,22-23,29H,3-5,14-21,24H2,1-2H3. The summed E-state index contributed by atoms with van der Waals surface area (Å²) in [6.45, 7) is 4.64. The SMILES string of the molecule is CN(Cc1ccc(N2CCCCC2)cc1)C(=O)C(CCN1CCC2(CC1)OC(=O)N(C)c1ccc(F)cc12)c1ccc(Cl)c(Cl)c1. The normalized spacial score (nSPS) is 18.7. The van der Waals surface area contributed by atoms with Crippen molar-refractivity contribution in [2.24, 2.45) is 0 Å². The van der Waals surface area contributed by atoms with Gasteiger partial charge in [0.1, 0.15) is 11.4 Å². The summed E-state index contributed by atoms with van der Waals surface area (Å²) in [6.07, 6.45) is 4.99. The minimum absolute atomic E-state index is 0.0145. The minimum atomic E-state index is -0.861. The van der Waals surface area contributed by atoms with Crippen LogP contribution < -0.4 is 9.80 Å². The van der Waals surface area contributed by atoms with Gasteiger partial charge in [-0.25, -0.2) is 9.18 Å². The smallest absolute Gasteiger partial charge is 0.414 e. The first-order chi connectivity index (χ1) is 22.1. The molecule has 2 amide bonds. The van der Waals surface area contributed by atoms with E-state index in [1.54, 1.807) is 30.1 Å². The molecule has 0 aromatic heterocycles. The number of hydrogen-bond donors (Lipinski definition) is 0. The first-order valence-corrected chi connectivity index (χ1v) is 16.9. The van der Waals surface area contributed by atoms with Gasteiger partial charge in [0.15, 0.2) is 0 Å². The zero-order chi connectivity index (χ0) is 32.4. The molecule has 0 N–H and O–H groups in total. The summed E-state index contributed by atoms with van der Waals surface area (Å²) in [5.74, 6) is -0.753. The lowest BCUT2D eigenvalue weighted by Gasteiger charge is -2.46. The summed E-state index contributed by atoms with van der Waals surface area (Å²) in [7, 11) is 3.49. The summed E-state index contributed by atoms with van der Waals surface area (Å²) in [5, 5.41) is 0.868. The average Bonchev–Trinajstić information content (AvgIpc) is 3.07. The number of benzene rings is 3. The maximum atomic E-state index is 14.3. The van der Waals surface area contributed by atoms with Crippen LogP contribution in [0.4, 0.5) is 20.6 Å². The maximum Gasteiger partial charge on any atom is 0.414 e. The molecule has 1 unspecified atom stereocenters. The highest BCUT2D eigenvalue weighted by Gasteiger charge is 2.46. The fourth-order valence-electron chi connectivity index (χ4n) is 7.12. The molecule has 0 saturated carbocycles. The van der Waals surface area contributed by atoms with E-state index in [4.69, 9.17) is 27.9 Å². The lowest BCUT2D eigenvalue weighted by molar-refractivity contribution is -0.132. The molecule has 6 rings (SSSR count). The molecule has 2 saturated heterocycles. The van der Waals surface area contributed by atoms with Gasteiger partial charge in [0, 0.05) is 70.9 Å². The molecule has 1 atom stereocenters. The van der Waals surface area contributed by atoms with Gasteiger partial charge in [-0.05, 0) is 85.8 Å². The molecule has 3 aromatic rings. The molecule has 2 fully saturated rings. The van der Waals surface area contributed by atoms with E-state index >= 15 is 0 Å². The van der Waals surface area contributed by atoms with Crippen molar-refractivity contribution in [3.8, 4) is 0 Å². The van der Waals surface area contributed by atoms with Gasteiger partial charge in [-0.1, -0.05) is 41.4 Å². The molecule has 10 heteroatoms. The van der Waals surface area contributed by atoms with Crippen LogP contribution in [-0.2, 0) is 21.7 Å². The van der Waals surface area contributed by atoms with Crippen molar-refractivity contribution in [3.63, 3.8) is 0 Å². The Labute approximate surface area is 280 Å². The van der Waals surface area contributed by atoms with Crippen LogP contribution in [0.1, 0.15) is 61.1 Å². The van der Waals surface area contributed by atoms with Gasteiger partial charge in [-0.2, -0.15) is 0 Å². The van der Waals surface area contributed by atoms with Crippen molar-refractivity contribution in [1.82, 2.24) is 9.80 Å². The predicted molar refractivity (Wildman–Crippen MR) is 181 cm³/mol. The third-order valence-electron chi connectivity index (χ3n) is 9.86. The fourth-order valence-corrected chi connectivity index (χ4v) is 7.43. The molecule has 0 aliphatic carbocycles. The first kappa shape index (κ1) is 32.6. The van der Waals surface area contributed by atoms with Crippen LogP contribution in [0.2, 0.25) is 10.0 Å².